The standard InChI is InChI=1S/C16H22O4/c1-12-3-2-4-13(10-17)15(12)20-14-5-7-19-16(9-14)6-8-18-11-16/h2-4,14,17H,5-11H2,1H3. The van der Waals surface area contributed by atoms with Crippen molar-refractivity contribution < 1.29 is 19.3 Å². The zero-order valence-corrected chi connectivity index (χ0v) is 11.9. The van der Waals surface area contributed by atoms with Crippen LogP contribution < -0.4 is 4.74 Å². The van der Waals surface area contributed by atoms with Gasteiger partial charge in [0.1, 0.15) is 11.9 Å². The molecule has 1 aromatic rings. The van der Waals surface area contributed by atoms with E-state index >= 15 is 0 Å². The molecule has 3 rings (SSSR count). The number of rotatable bonds is 3. The van der Waals surface area contributed by atoms with Gasteiger partial charge >= 0.3 is 0 Å². The third kappa shape index (κ3) is 2.68. The molecule has 2 heterocycles. The summed E-state index contributed by atoms with van der Waals surface area (Å²) in [5.41, 5.74) is 1.78. The van der Waals surface area contributed by atoms with Gasteiger partial charge in [0.05, 0.1) is 25.4 Å². The Morgan fingerprint density at radius 1 is 1.40 bits per heavy atom. The van der Waals surface area contributed by atoms with E-state index in [-0.39, 0.29) is 18.3 Å². The maximum absolute atomic E-state index is 9.45. The van der Waals surface area contributed by atoms with E-state index in [9.17, 15) is 5.11 Å². The van der Waals surface area contributed by atoms with Crippen LogP contribution >= 0.6 is 0 Å². The maximum Gasteiger partial charge on any atom is 0.128 e. The molecule has 0 bridgehead atoms. The Bertz CT molecular complexity index is 466. The van der Waals surface area contributed by atoms with Crippen molar-refractivity contribution in [3.8, 4) is 5.75 Å². The quantitative estimate of drug-likeness (QED) is 0.921. The molecule has 2 saturated heterocycles. The second-order valence-electron chi connectivity index (χ2n) is 5.79. The van der Waals surface area contributed by atoms with Gasteiger partial charge in [0.25, 0.3) is 0 Å². The normalized spacial score (nSPS) is 29.8. The molecule has 1 aromatic carbocycles. The molecule has 4 heteroatoms. The van der Waals surface area contributed by atoms with Gasteiger partial charge in [0.15, 0.2) is 0 Å². The lowest BCUT2D eigenvalue weighted by Crippen LogP contribution is -2.44. The van der Waals surface area contributed by atoms with Gasteiger partial charge in [0, 0.05) is 31.4 Å². The Morgan fingerprint density at radius 3 is 3.05 bits per heavy atom. The fourth-order valence-corrected chi connectivity index (χ4v) is 3.12. The minimum atomic E-state index is -0.148. The first-order valence-corrected chi connectivity index (χ1v) is 7.30. The van der Waals surface area contributed by atoms with Crippen LogP contribution in [-0.4, -0.2) is 36.6 Å². The van der Waals surface area contributed by atoms with Crippen LogP contribution in [0.1, 0.15) is 30.4 Å². The number of para-hydroxylation sites is 1. The second kappa shape index (κ2) is 5.72. The Kier molecular flexibility index (Phi) is 3.96. The summed E-state index contributed by atoms with van der Waals surface area (Å²) in [6.07, 6.45) is 2.84. The van der Waals surface area contributed by atoms with Crippen LogP contribution in [0.25, 0.3) is 0 Å². The summed E-state index contributed by atoms with van der Waals surface area (Å²) in [7, 11) is 0. The number of ether oxygens (including phenoxy) is 3. The largest absolute Gasteiger partial charge is 0.490 e. The molecule has 2 fully saturated rings. The molecule has 1 N–H and O–H groups in total. The third-order valence-electron chi connectivity index (χ3n) is 4.26. The smallest absolute Gasteiger partial charge is 0.128 e. The average Bonchev–Trinajstić information content (AvgIpc) is 2.89. The molecular weight excluding hydrogens is 256 g/mol. The van der Waals surface area contributed by atoms with Gasteiger partial charge in [0.2, 0.25) is 0 Å². The first-order valence-electron chi connectivity index (χ1n) is 7.30. The maximum atomic E-state index is 9.45. The van der Waals surface area contributed by atoms with Gasteiger partial charge < -0.3 is 19.3 Å². The highest BCUT2D eigenvalue weighted by molar-refractivity contribution is 5.40. The highest BCUT2D eigenvalue weighted by atomic mass is 16.6. The number of hydrogen-bond donors (Lipinski definition) is 1. The highest BCUT2D eigenvalue weighted by Crippen LogP contribution is 2.35. The zero-order chi connectivity index (χ0) is 14.0. The summed E-state index contributed by atoms with van der Waals surface area (Å²) in [5, 5.41) is 9.45. The monoisotopic (exact) mass is 278 g/mol. The van der Waals surface area contributed by atoms with E-state index in [0.29, 0.717) is 13.2 Å². The van der Waals surface area contributed by atoms with Crippen molar-refractivity contribution >= 4 is 0 Å². The first-order chi connectivity index (χ1) is 9.72. The number of hydrogen-bond acceptors (Lipinski definition) is 4. The lowest BCUT2D eigenvalue weighted by Gasteiger charge is -2.37. The molecule has 1 spiro atoms. The SMILES string of the molecule is Cc1cccc(CO)c1OC1CCOC2(CCOC2)C1. The topological polar surface area (TPSA) is 47.9 Å². The molecule has 2 atom stereocenters. The van der Waals surface area contributed by atoms with Crippen LogP contribution in [0.4, 0.5) is 0 Å². The molecule has 0 amide bonds. The van der Waals surface area contributed by atoms with E-state index in [4.69, 9.17) is 14.2 Å². The molecule has 20 heavy (non-hydrogen) atoms. The Morgan fingerprint density at radius 2 is 2.30 bits per heavy atom. The molecule has 0 aliphatic carbocycles. The van der Waals surface area contributed by atoms with E-state index in [2.05, 4.69) is 0 Å². The summed E-state index contributed by atoms with van der Waals surface area (Å²) in [4.78, 5) is 0. The summed E-state index contributed by atoms with van der Waals surface area (Å²) >= 11 is 0. The Balaban J connectivity index is 1.74. The fourth-order valence-electron chi connectivity index (χ4n) is 3.12. The molecule has 2 aliphatic heterocycles. The fraction of sp³-hybridized carbons (Fsp3) is 0.625. The van der Waals surface area contributed by atoms with E-state index in [0.717, 1.165) is 42.7 Å². The van der Waals surface area contributed by atoms with Crippen molar-refractivity contribution in [2.75, 3.05) is 19.8 Å². The molecule has 0 saturated carbocycles. The van der Waals surface area contributed by atoms with Crippen molar-refractivity contribution in [1.29, 1.82) is 0 Å². The lowest BCUT2D eigenvalue weighted by molar-refractivity contribution is -0.112. The number of benzene rings is 1. The van der Waals surface area contributed by atoms with Crippen molar-refractivity contribution in [3.63, 3.8) is 0 Å². The molecule has 0 radical (unpaired) electrons. The molecule has 110 valence electrons. The van der Waals surface area contributed by atoms with Crippen LogP contribution in [0.15, 0.2) is 18.2 Å². The summed E-state index contributed by atoms with van der Waals surface area (Å²) in [5.74, 6) is 0.830. The second-order valence-corrected chi connectivity index (χ2v) is 5.79. The van der Waals surface area contributed by atoms with Crippen molar-refractivity contribution in [2.45, 2.75) is 44.5 Å². The van der Waals surface area contributed by atoms with Crippen molar-refractivity contribution in [3.05, 3.63) is 29.3 Å². The Hall–Kier alpha value is -1.10. The van der Waals surface area contributed by atoms with Gasteiger partial charge in [-0.1, -0.05) is 18.2 Å². The van der Waals surface area contributed by atoms with Crippen molar-refractivity contribution in [1.82, 2.24) is 0 Å². The number of aliphatic hydroxyl groups excluding tert-OH is 1. The average molecular weight is 278 g/mol. The van der Waals surface area contributed by atoms with Crippen LogP contribution in [0.3, 0.4) is 0 Å². The van der Waals surface area contributed by atoms with E-state index < -0.39 is 0 Å². The van der Waals surface area contributed by atoms with Crippen LogP contribution in [-0.2, 0) is 16.1 Å². The molecule has 2 unspecified atom stereocenters. The summed E-state index contributed by atoms with van der Waals surface area (Å²) in [6, 6.07) is 5.88. The van der Waals surface area contributed by atoms with Gasteiger partial charge in [-0.05, 0) is 12.5 Å². The first kappa shape index (κ1) is 13.9. The number of aryl methyl sites for hydroxylation is 1. The summed E-state index contributed by atoms with van der Waals surface area (Å²) in [6.45, 7) is 4.19. The van der Waals surface area contributed by atoms with Gasteiger partial charge in [-0.25, -0.2) is 0 Å². The minimum absolute atomic E-state index is 0.00842. The van der Waals surface area contributed by atoms with E-state index in [1.807, 2.05) is 25.1 Å². The zero-order valence-electron chi connectivity index (χ0n) is 11.9. The van der Waals surface area contributed by atoms with Crippen LogP contribution in [0, 0.1) is 6.92 Å². The molecule has 4 nitrogen and oxygen atoms in total. The minimum Gasteiger partial charge on any atom is -0.490 e. The molecule has 2 aliphatic rings. The van der Waals surface area contributed by atoms with Crippen LogP contribution in [0.2, 0.25) is 0 Å². The van der Waals surface area contributed by atoms with Gasteiger partial charge in [-0.15, -0.1) is 0 Å². The highest BCUT2D eigenvalue weighted by Gasteiger charge is 2.42. The predicted octanol–water partition coefficient (Wildman–Crippen LogP) is 2.20. The number of aliphatic hydroxyl groups is 1. The van der Waals surface area contributed by atoms with Gasteiger partial charge in [-0.2, -0.15) is 0 Å². The predicted molar refractivity (Wildman–Crippen MR) is 74.9 cm³/mol. The Labute approximate surface area is 119 Å². The van der Waals surface area contributed by atoms with Gasteiger partial charge in [-0.3, -0.25) is 0 Å². The van der Waals surface area contributed by atoms with Crippen LogP contribution in [0.5, 0.6) is 5.75 Å². The van der Waals surface area contributed by atoms with Crippen molar-refractivity contribution in [2.24, 2.45) is 0 Å². The van der Waals surface area contributed by atoms with E-state index in [1.165, 1.54) is 0 Å². The third-order valence-corrected chi connectivity index (χ3v) is 4.26. The lowest BCUT2D eigenvalue weighted by atomic mass is 9.91. The summed E-state index contributed by atoms with van der Waals surface area (Å²) < 4.78 is 17.6. The molecule has 0 aromatic heterocycles. The molecular formula is C16H22O4. The van der Waals surface area contributed by atoms with E-state index in [1.54, 1.807) is 0 Å².